The van der Waals surface area contributed by atoms with E-state index in [4.69, 9.17) is 11.6 Å². The fraction of sp³-hybridized carbons (Fsp3) is 0.500. The third-order valence-corrected chi connectivity index (χ3v) is 8.34. The molecule has 1 fully saturated rings. The molecule has 0 radical (unpaired) electrons. The van der Waals surface area contributed by atoms with Crippen LogP contribution in [0.15, 0.2) is 28.6 Å². The standard InChI is InChI=1S/C18H23ClN4O3S3/c1-12(2)27-18-22-21-17(28-18)20-16(24)14-6-4-8-23(10-14)29(25,26)11-13-5-3-7-15(19)9-13/h3,5,7,9,12,14H,4,6,8,10-11H2,1-2H3,(H,20,21,24)/t14-/m1/s1. The minimum absolute atomic E-state index is 0.131. The highest BCUT2D eigenvalue weighted by Gasteiger charge is 2.32. The topological polar surface area (TPSA) is 92.3 Å². The quantitative estimate of drug-likeness (QED) is 0.483. The van der Waals surface area contributed by atoms with Crippen molar-refractivity contribution in [1.29, 1.82) is 0 Å². The summed E-state index contributed by atoms with van der Waals surface area (Å²) in [4.78, 5) is 12.7. The third-order valence-electron chi connectivity index (χ3n) is 4.36. The number of hydrogen-bond acceptors (Lipinski definition) is 7. The lowest BCUT2D eigenvalue weighted by Gasteiger charge is -2.31. The van der Waals surface area contributed by atoms with Crippen molar-refractivity contribution in [2.75, 3.05) is 18.4 Å². The van der Waals surface area contributed by atoms with E-state index in [0.717, 1.165) is 4.34 Å². The smallest absolute Gasteiger partial charge is 0.230 e. The second kappa shape index (κ2) is 9.74. The molecule has 1 atom stereocenters. The first-order chi connectivity index (χ1) is 13.7. The second-order valence-corrected chi connectivity index (χ2v) is 12.3. The van der Waals surface area contributed by atoms with E-state index < -0.39 is 15.9 Å². The van der Waals surface area contributed by atoms with E-state index in [1.54, 1.807) is 36.0 Å². The Morgan fingerprint density at radius 2 is 2.21 bits per heavy atom. The number of sulfonamides is 1. The predicted octanol–water partition coefficient (Wildman–Crippen LogP) is 3.87. The van der Waals surface area contributed by atoms with Crippen LogP contribution in [0.25, 0.3) is 0 Å². The minimum Gasteiger partial charge on any atom is -0.300 e. The van der Waals surface area contributed by atoms with Gasteiger partial charge in [-0.15, -0.1) is 10.2 Å². The van der Waals surface area contributed by atoms with Crippen molar-refractivity contribution in [1.82, 2.24) is 14.5 Å². The van der Waals surface area contributed by atoms with Gasteiger partial charge in [-0.1, -0.05) is 60.7 Å². The molecule has 1 aromatic carbocycles. The van der Waals surface area contributed by atoms with Crippen LogP contribution in [0.5, 0.6) is 0 Å². The fourth-order valence-corrected chi connectivity index (χ4v) is 6.84. The second-order valence-electron chi connectivity index (χ2n) is 7.11. The molecule has 0 spiro atoms. The molecule has 0 bridgehead atoms. The Kier molecular flexibility index (Phi) is 7.55. The van der Waals surface area contributed by atoms with E-state index in [9.17, 15) is 13.2 Å². The third kappa shape index (κ3) is 6.39. The number of anilines is 1. The Bertz CT molecular complexity index is 965. The van der Waals surface area contributed by atoms with E-state index in [0.29, 0.717) is 40.4 Å². The van der Waals surface area contributed by atoms with E-state index in [-0.39, 0.29) is 18.2 Å². The summed E-state index contributed by atoms with van der Waals surface area (Å²) in [6.45, 7) is 4.71. The molecule has 0 unspecified atom stereocenters. The van der Waals surface area contributed by atoms with Gasteiger partial charge in [0, 0.05) is 23.4 Å². The van der Waals surface area contributed by atoms with Gasteiger partial charge in [-0.05, 0) is 30.5 Å². The summed E-state index contributed by atoms with van der Waals surface area (Å²) in [7, 11) is -3.54. The summed E-state index contributed by atoms with van der Waals surface area (Å²) in [5, 5.41) is 12.2. The van der Waals surface area contributed by atoms with Crippen LogP contribution < -0.4 is 5.32 Å². The molecule has 3 rings (SSSR count). The summed E-state index contributed by atoms with van der Waals surface area (Å²) in [5.74, 6) is -0.762. The Hall–Kier alpha value is -1.20. The lowest BCUT2D eigenvalue weighted by Crippen LogP contribution is -2.44. The first-order valence-electron chi connectivity index (χ1n) is 9.26. The number of nitrogens with one attached hydrogen (secondary N) is 1. The van der Waals surface area contributed by atoms with Crippen molar-refractivity contribution >= 4 is 55.8 Å². The largest absolute Gasteiger partial charge is 0.300 e. The SMILES string of the molecule is CC(C)Sc1nnc(NC(=O)[C@@H]2CCCN(S(=O)(=O)Cc3cccc(Cl)c3)C2)s1. The molecule has 1 amide bonds. The molecule has 2 heterocycles. The predicted molar refractivity (Wildman–Crippen MR) is 118 cm³/mol. The number of halogens is 1. The Balaban J connectivity index is 1.62. The number of benzene rings is 1. The number of amides is 1. The first kappa shape index (κ1) is 22.5. The van der Waals surface area contributed by atoms with Gasteiger partial charge < -0.3 is 5.32 Å². The number of aromatic nitrogens is 2. The van der Waals surface area contributed by atoms with Crippen LogP contribution >= 0.6 is 34.7 Å². The van der Waals surface area contributed by atoms with Gasteiger partial charge in [-0.25, -0.2) is 12.7 Å². The average Bonchev–Trinajstić information content (AvgIpc) is 3.07. The van der Waals surface area contributed by atoms with Crippen LogP contribution in [0.4, 0.5) is 5.13 Å². The monoisotopic (exact) mass is 474 g/mol. The lowest BCUT2D eigenvalue weighted by atomic mass is 9.99. The fourth-order valence-electron chi connectivity index (χ4n) is 3.05. The first-order valence-corrected chi connectivity index (χ1v) is 12.9. The van der Waals surface area contributed by atoms with Gasteiger partial charge in [0.2, 0.25) is 21.1 Å². The van der Waals surface area contributed by atoms with Crippen LogP contribution in [-0.4, -0.2) is 47.2 Å². The molecule has 11 heteroatoms. The molecule has 2 aromatic rings. The minimum atomic E-state index is -3.54. The van der Waals surface area contributed by atoms with E-state index >= 15 is 0 Å². The maximum atomic E-state index is 12.8. The van der Waals surface area contributed by atoms with Gasteiger partial charge in [0.15, 0.2) is 4.34 Å². The summed E-state index contributed by atoms with van der Waals surface area (Å²) < 4.78 is 27.9. The van der Waals surface area contributed by atoms with Crippen molar-refractivity contribution in [2.45, 2.75) is 42.0 Å². The van der Waals surface area contributed by atoms with Crippen molar-refractivity contribution in [2.24, 2.45) is 5.92 Å². The van der Waals surface area contributed by atoms with E-state index in [1.807, 2.05) is 0 Å². The Morgan fingerprint density at radius 1 is 1.41 bits per heavy atom. The van der Waals surface area contributed by atoms with E-state index in [2.05, 4.69) is 29.4 Å². The molecular weight excluding hydrogens is 452 g/mol. The molecule has 0 saturated carbocycles. The van der Waals surface area contributed by atoms with Gasteiger partial charge >= 0.3 is 0 Å². The Labute approximate surface area is 184 Å². The molecule has 1 saturated heterocycles. The van der Waals surface area contributed by atoms with Crippen LogP contribution in [0.1, 0.15) is 32.3 Å². The van der Waals surface area contributed by atoms with Crippen LogP contribution in [0, 0.1) is 5.92 Å². The lowest BCUT2D eigenvalue weighted by molar-refractivity contribution is -0.120. The molecule has 1 aliphatic rings. The Morgan fingerprint density at radius 3 is 2.93 bits per heavy atom. The zero-order valence-corrected chi connectivity index (χ0v) is 19.4. The maximum Gasteiger partial charge on any atom is 0.230 e. The molecule has 29 heavy (non-hydrogen) atoms. The highest BCUT2D eigenvalue weighted by molar-refractivity contribution is 8.01. The van der Waals surface area contributed by atoms with Crippen molar-refractivity contribution < 1.29 is 13.2 Å². The van der Waals surface area contributed by atoms with Crippen molar-refractivity contribution in [3.63, 3.8) is 0 Å². The molecule has 158 valence electrons. The van der Waals surface area contributed by atoms with Crippen LogP contribution in [0.3, 0.4) is 0 Å². The highest BCUT2D eigenvalue weighted by atomic mass is 35.5. The van der Waals surface area contributed by atoms with E-state index in [1.165, 1.54) is 15.6 Å². The van der Waals surface area contributed by atoms with Gasteiger partial charge in [0.05, 0.1) is 11.7 Å². The number of carbonyl (C=O) groups excluding carboxylic acids is 1. The molecule has 1 aliphatic heterocycles. The number of carbonyl (C=O) groups is 1. The van der Waals surface area contributed by atoms with Crippen LogP contribution in [-0.2, 0) is 20.6 Å². The molecule has 1 N–H and O–H groups in total. The van der Waals surface area contributed by atoms with Crippen LogP contribution in [0.2, 0.25) is 5.02 Å². The summed E-state index contributed by atoms with van der Waals surface area (Å²) >= 11 is 8.87. The molecule has 0 aliphatic carbocycles. The van der Waals surface area contributed by atoms with Gasteiger partial charge in [-0.2, -0.15) is 0 Å². The number of piperidine rings is 1. The van der Waals surface area contributed by atoms with Crippen molar-refractivity contribution in [3.8, 4) is 0 Å². The highest BCUT2D eigenvalue weighted by Crippen LogP contribution is 2.29. The summed E-state index contributed by atoms with van der Waals surface area (Å²) in [6, 6.07) is 6.82. The average molecular weight is 475 g/mol. The zero-order chi connectivity index (χ0) is 21.0. The van der Waals surface area contributed by atoms with Gasteiger partial charge in [0.1, 0.15) is 0 Å². The number of thioether (sulfide) groups is 1. The van der Waals surface area contributed by atoms with Crippen molar-refractivity contribution in [3.05, 3.63) is 34.9 Å². The summed E-state index contributed by atoms with van der Waals surface area (Å²) in [6.07, 6.45) is 1.28. The number of rotatable bonds is 7. The molecular formula is C18H23ClN4O3S3. The number of nitrogens with zero attached hydrogens (tertiary/aromatic N) is 3. The van der Waals surface area contributed by atoms with Gasteiger partial charge in [-0.3, -0.25) is 4.79 Å². The van der Waals surface area contributed by atoms with Gasteiger partial charge in [0.25, 0.3) is 0 Å². The normalized spacial score (nSPS) is 18.1. The number of hydrogen-bond donors (Lipinski definition) is 1. The molecule has 1 aromatic heterocycles. The maximum absolute atomic E-state index is 12.8. The summed E-state index contributed by atoms with van der Waals surface area (Å²) in [5.41, 5.74) is 0.633. The molecule has 7 nitrogen and oxygen atoms in total. The zero-order valence-electron chi connectivity index (χ0n) is 16.2.